The number of rotatable bonds is 4. The van der Waals surface area contributed by atoms with E-state index in [9.17, 15) is 5.11 Å². The molecule has 0 bridgehead atoms. The quantitative estimate of drug-likeness (QED) is 0.865. The van der Waals surface area contributed by atoms with E-state index in [1.807, 2.05) is 44.2 Å². The highest BCUT2D eigenvalue weighted by Crippen LogP contribution is 2.38. The molecule has 0 aromatic heterocycles. The lowest BCUT2D eigenvalue weighted by molar-refractivity contribution is -0.222. The summed E-state index contributed by atoms with van der Waals surface area (Å²) >= 11 is 0. The molecule has 0 saturated carbocycles. The topological polar surface area (TPSA) is 77.4 Å². The minimum Gasteiger partial charge on any atom is -0.400 e. The standard InChI is InChI=1S/C15H20O5.CH4O/c1-15(2)19-13-12(11(8-16)18-14(13)20-15)17-9-10-6-4-3-5-7-10;1-2/h3-7,11-14,16H,8-9H2,1-2H3;2H,1H3. The van der Waals surface area contributed by atoms with Crippen LogP contribution in [0.1, 0.15) is 19.4 Å². The van der Waals surface area contributed by atoms with Gasteiger partial charge in [0.05, 0.1) is 13.2 Å². The van der Waals surface area contributed by atoms with Crippen LogP contribution in [0, 0.1) is 0 Å². The Morgan fingerprint density at radius 1 is 1.14 bits per heavy atom. The van der Waals surface area contributed by atoms with Gasteiger partial charge in [-0.05, 0) is 19.4 Å². The van der Waals surface area contributed by atoms with E-state index in [2.05, 4.69) is 0 Å². The molecule has 1 aromatic rings. The van der Waals surface area contributed by atoms with Crippen molar-refractivity contribution in [1.82, 2.24) is 0 Å². The zero-order chi connectivity index (χ0) is 16.2. The van der Waals surface area contributed by atoms with Gasteiger partial charge in [0, 0.05) is 7.11 Å². The second kappa shape index (κ2) is 7.50. The first kappa shape index (κ1) is 17.3. The van der Waals surface area contributed by atoms with Gasteiger partial charge >= 0.3 is 0 Å². The summed E-state index contributed by atoms with van der Waals surface area (Å²) in [7, 11) is 1.00. The molecule has 6 heteroatoms. The number of benzene rings is 1. The van der Waals surface area contributed by atoms with Crippen molar-refractivity contribution in [2.75, 3.05) is 13.7 Å². The monoisotopic (exact) mass is 312 g/mol. The van der Waals surface area contributed by atoms with E-state index in [4.69, 9.17) is 24.1 Å². The van der Waals surface area contributed by atoms with Crippen LogP contribution in [0.4, 0.5) is 0 Å². The van der Waals surface area contributed by atoms with E-state index in [0.29, 0.717) is 6.61 Å². The molecule has 2 heterocycles. The third-order valence-electron chi connectivity index (χ3n) is 3.55. The molecule has 0 spiro atoms. The van der Waals surface area contributed by atoms with Crippen molar-refractivity contribution in [1.29, 1.82) is 0 Å². The van der Waals surface area contributed by atoms with Crippen molar-refractivity contribution in [3.05, 3.63) is 35.9 Å². The van der Waals surface area contributed by atoms with Crippen molar-refractivity contribution in [3.63, 3.8) is 0 Å². The van der Waals surface area contributed by atoms with E-state index in [1.165, 1.54) is 0 Å². The molecule has 4 atom stereocenters. The molecule has 2 aliphatic rings. The fourth-order valence-corrected chi connectivity index (χ4v) is 2.66. The predicted molar refractivity (Wildman–Crippen MR) is 78.9 cm³/mol. The lowest BCUT2D eigenvalue weighted by atomic mass is 10.1. The van der Waals surface area contributed by atoms with Crippen molar-refractivity contribution >= 4 is 0 Å². The van der Waals surface area contributed by atoms with Crippen molar-refractivity contribution < 1.29 is 29.2 Å². The van der Waals surface area contributed by atoms with Crippen LogP contribution in [-0.4, -0.2) is 54.3 Å². The summed E-state index contributed by atoms with van der Waals surface area (Å²) in [5.74, 6) is -0.676. The Kier molecular flexibility index (Phi) is 5.91. The van der Waals surface area contributed by atoms with Crippen LogP contribution in [0.5, 0.6) is 0 Å². The van der Waals surface area contributed by atoms with E-state index >= 15 is 0 Å². The van der Waals surface area contributed by atoms with Crippen LogP contribution in [0.3, 0.4) is 0 Å². The summed E-state index contributed by atoms with van der Waals surface area (Å²) < 4.78 is 23.0. The van der Waals surface area contributed by atoms with Crippen LogP contribution < -0.4 is 0 Å². The van der Waals surface area contributed by atoms with Crippen molar-refractivity contribution in [3.8, 4) is 0 Å². The van der Waals surface area contributed by atoms with Crippen LogP contribution >= 0.6 is 0 Å². The van der Waals surface area contributed by atoms with E-state index in [-0.39, 0.29) is 18.8 Å². The van der Waals surface area contributed by atoms with Crippen molar-refractivity contribution in [2.45, 2.75) is 50.8 Å². The first-order valence-corrected chi connectivity index (χ1v) is 7.31. The van der Waals surface area contributed by atoms with E-state index in [0.717, 1.165) is 12.7 Å². The SMILES string of the molecule is CC1(C)OC2OC(CO)C(OCc3ccccc3)C2O1.CO. The van der Waals surface area contributed by atoms with Gasteiger partial charge in [0.2, 0.25) is 0 Å². The van der Waals surface area contributed by atoms with Gasteiger partial charge in [0.1, 0.15) is 18.3 Å². The molecule has 2 aliphatic heterocycles. The Labute approximate surface area is 130 Å². The molecule has 1 aromatic carbocycles. The van der Waals surface area contributed by atoms with Gasteiger partial charge in [-0.3, -0.25) is 0 Å². The predicted octanol–water partition coefficient (Wildman–Crippen LogP) is 1.05. The molecule has 0 radical (unpaired) electrons. The molecule has 22 heavy (non-hydrogen) atoms. The first-order chi connectivity index (χ1) is 10.6. The lowest BCUT2D eigenvalue weighted by Gasteiger charge is -2.25. The second-order valence-electron chi connectivity index (χ2n) is 5.59. The Bertz CT molecular complexity index is 449. The summed E-state index contributed by atoms with van der Waals surface area (Å²) in [5, 5.41) is 16.4. The maximum atomic E-state index is 9.40. The number of hydrogen-bond donors (Lipinski definition) is 2. The molecule has 3 rings (SSSR count). The molecule has 6 nitrogen and oxygen atoms in total. The first-order valence-electron chi connectivity index (χ1n) is 7.31. The molecular weight excluding hydrogens is 288 g/mol. The van der Waals surface area contributed by atoms with Gasteiger partial charge in [-0.25, -0.2) is 0 Å². The Morgan fingerprint density at radius 2 is 1.82 bits per heavy atom. The average molecular weight is 312 g/mol. The Morgan fingerprint density at radius 3 is 2.45 bits per heavy atom. The summed E-state index contributed by atoms with van der Waals surface area (Å²) in [6.07, 6.45) is -1.51. The van der Waals surface area contributed by atoms with Gasteiger partial charge in [0.25, 0.3) is 0 Å². The highest BCUT2D eigenvalue weighted by atomic mass is 16.8. The van der Waals surface area contributed by atoms with Gasteiger partial charge in [-0.1, -0.05) is 30.3 Å². The van der Waals surface area contributed by atoms with Crippen LogP contribution in [0.15, 0.2) is 30.3 Å². The van der Waals surface area contributed by atoms with Crippen molar-refractivity contribution in [2.24, 2.45) is 0 Å². The maximum absolute atomic E-state index is 9.40. The maximum Gasteiger partial charge on any atom is 0.190 e. The second-order valence-corrected chi connectivity index (χ2v) is 5.59. The highest BCUT2D eigenvalue weighted by molar-refractivity contribution is 5.13. The average Bonchev–Trinajstić information content (AvgIpc) is 2.99. The highest BCUT2D eigenvalue weighted by Gasteiger charge is 2.55. The third-order valence-corrected chi connectivity index (χ3v) is 3.55. The third kappa shape index (κ3) is 3.84. The minimum atomic E-state index is -0.676. The zero-order valence-electron chi connectivity index (χ0n) is 13.1. The number of fused-ring (bicyclic) bond motifs is 1. The van der Waals surface area contributed by atoms with Crippen LogP contribution in [0.2, 0.25) is 0 Å². The molecule has 0 aliphatic carbocycles. The Hall–Kier alpha value is -1.02. The summed E-state index contributed by atoms with van der Waals surface area (Å²) in [6, 6.07) is 9.89. The smallest absolute Gasteiger partial charge is 0.190 e. The lowest BCUT2D eigenvalue weighted by Crippen LogP contribution is -2.38. The minimum absolute atomic E-state index is 0.112. The molecule has 2 N–H and O–H groups in total. The normalized spacial score (nSPS) is 32.2. The number of hydrogen-bond acceptors (Lipinski definition) is 6. The molecule has 4 unspecified atom stereocenters. The van der Waals surface area contributed by atoms with E-state index in [1.54, 1.807) is 0 Å². The summed E-state index contributed by atoms with van der Waals surface area (Å²) in [6.45, 7) is 4.03. The number of ether oxygens (including phenoxy) is 4. The molecule has 2 fully saturated rings. The summed E-state index contributed by atoms with van der Waals surface area (Å²) in [4.78, 5) is 0. The fraction of sp³-hybridized carbons (Fsp3) is 0.625. The molecule has 2 saturated heterocycles. The zero-order valence-corrected chi connectivity index (χ0v) is 13.1. The van der Waals surface area contributed by atoms with Crippen LogP contribution in [0.25, 0.3) is 0 Å². The largest absolute Gasteiger partial charge is 0.400 e. The number of aliphatic hydroxyl groups is 2. The summed E-state index contributed by atoms with van der Waals surface area (Å²) in [5.41, 5.74) is 1.07. The molecule has 124 valence electrons. The molecular formula is C16H24O6. The van der Waals surface area contributed by atoms with Gasteiger partial charge in [-0.15, -0.1) is 0 Å². The molecule has 0 amide bonds. The fourth-order valence-electron chi connectivity index (χ4n) is 2.66. The number of aliphatic hydroxyl groups excluding tert-OH is 2. The van der Waals surface area contributed by atoms with Gasteiger partial charge < -0.3 is 29.2 Å². The van der Waals surface area contributed by atoms with Gasteiger partial charge in [0.15, 0.2) is 12.1 Å². The Balaban J connectivity index is 0.000000847. The van der Waals surface area contributed by atoms with E-state index < -0.39 is 18.2 Å². The van der Waals surface area contributed by atoms with Gasteiger partial charge in [-0.2, -0.15) is 0 Å². The van der Waals surface area contributed by atoms with Crippen LogP contribution in [-0.2, 0) is 25.6 Å².